The SMILES string of the molecule is CC(O)(CN)CSc1nncs1. The van der Waals surface area contributed by atoms with Gasteiger partial charge >= 0.3 is 0 Å². The number of rotatable bonds is 4. The van der Waals surface area contributed by atoms with Gasteiger partial charge in [0, 0.05) is 12.3 Å². The zero-order chi connectivity index (χ0) is 9.03. The fourth-order valence-electron chi connectivity index (χ4n) is 0.502. The molecule has 0 saturated heterocycles. The molecule has 0 amide bonds. The number of aromatic nitrogens is 2. The minimum Gasteiger partial charge on any atom is -0.388 e. The Kier molecular flexibility index (Phi) is 3.45. The first-order valence-corrected chi connectivity index (χ1v) is 5.32. The van der Waals surface area contributed by atoms with E-state index in [1.165, 1.54) is 23.1 Å². The van der Waals surface area contributed by atoms with Crippen LogP contribution in [0.15, 0.2) is 9.85 Å². The maximum atomic E-state index is 9.53. The Bertz CT molecular complexity index is 225. The lowest BCUT2D eigenvalue weighted by Crippen LogP contribution is -2.36. The molecule has 1 atom stereocenters. The third kappa shape index (κ3) is 3.06. The van der Waals surface area contributed by atoms with Crippen LogP contribution in [-0.2, 0) is 0 Å². The Morgan fingerprint density at radius 2 is 2.58 bits per heavy atom. The van der Waals surface area contributed by atoms with Crippen molar-refractivity contribution < 1.29 is 5.11 Å². The van der Waals surface area contributed by atoms with Crippen LogP contribution >= 0.6 is 23.1 Å². The molecule has 1 aromatic heterocycles. The molecular weight excluding hydrogens is 194 g/mol. The summed E-state index contributed by atoms with van der Waals surface area (Å²) < 4.78 is 0.865. The lowest BCUT2D eigenvalue weighted by molar-refractivity contribution is 0.0949. The molecule has 0 aromatic carbocycles. The van der Waals surface area contributed by atoms with Gasteiger partial charge in [-0.2, -0.15) is 0 Å². The van der Waals surface area contributed by atoms with Crippen LogP contribution in [0.25, 0.3) is 0 Å². The first-order valence-electron chi connectivity index (χ1n) is 3.45. The fourth-order valence-corrected chi connectivity index (χ4v) is 2.02. The van der Waals surface area contributed by atoms with Crippen molar-refractivity contribution in [1.29, 1.82) is 0 Å². The fraction of sp³-hybridized carbons (Fsp3) is 0.667. The summed E-state index contributed by atoms with van der Waals surface area (Å²) in [6, 6.07) is 0. The van der Waals surface area contributed by atoms with Crippen molar-refractivity contribution in [3.8, 4) is 0 Å². The summed E-state index contributed by atoms with van der Waals surface area (Å²) in [5.74, 6) is 0.554. The van der Waals surface area contributed by atoms with Crippen LogP contribution in [0.4, 0.5) is 0 Å². The normalized spacial score (nSPS) is 15.9. The Morgan fingerprint density at radius 1 is 1.83 bits per heavy atom. The van der Waals surface area contributed by atoms with Crippen LogP contribution in [0.1, 0.15) is 6.92 Å². The molecule has 12 heavy (non-hydrogen) atoms. The molecule has 68 valence electrons. The minimum absolute atomic E-state index is 0.263. The summed E-state index contributed by atoms with van der Waals surface area (Å²) in [4.78, 5) is 0. The second-order valence-electron chi connectivity index (χ2n) is 2.69. The second kappa shape index (κ2) is 4.18. The molecule has 0 aliphatic heterocycles. The van der Waals surface area contributed by atoms with Gasteiger partial charge in [-0.25, -0.2) is 0 Å². The quantitative estimate of drug-likeness (QED) is 0.694. The van der Waals surface area contributed by atoms with Crippen LogP contribution in [0.3, 0.4) is 0 Å². The summed E-state index contributed by atoms with van der Waals surface area (Å²) in [5.41, 5.74) is 6.21. The van der Waals surface area contributed by atoms with Crippen molar-refractivity contribution >= 4 is 23.1 Å². The van der Waals surface area contributed by atoms with Gasteiger partial charge in [-0.05, 0) is 6.92 Å². The van der Waals surface area contributed by atoms with Gasteiger partial charge in [0.05, 0.1) is 5.60 Å². The summed E-state index contributed by atoms with van der Waals surface area (Å²) >= 11 is 2.94. The monoisotopic (exact) mass is 205 g/mol. The lowest BCUT2D eigenvalue weighted by Gasteiger charge is -2.18. The maximum Gasteiger partial charge on any atom is 0.174 e. The first-order chi connectivity index (χ1) is 5.64. The molecule has 1 unspecified atom stereocenters. The predicted octanol–water partition coefficient (Wildman–Crippen LogP) is 0.340. The van der Waals surface area contributed by atoms with E-state index < -0.39 is 5.60 Å². The highest BCUT2D eigenvalue weighted by Gasteiger charge is 2.18. The van der Waals surface area contributed by atoms with E-state index in [2.05, 4.69) is 10.2 Å². The van der Waals surface area contributed by atoms with E-state index in [0.29, 0.717) is 5.75 Å². The molecule has 0 aliphatic carbocycles. The van der Waals surface area contributed by atoms with Crippen LogP contribution < -0.4 is 5.73 Å². The Labute approximate surface area is 79.2 Å². The van der Waals surface area contributed by atoms with Crippen molar-refractivity contribution in [3.63, 3.8) is 0 Å². The molecule has 4 nitrogen and oxygen atoms in total. The molecule has 6 heteroatoms. The highest BCUT2D eigenvalue weighted by atomic mass is 32.2. The van der Waals surface area contributed by atoms with Gasteiger partial charge in [-0.3, -0.25) is 0 Å². The molecule has 0 bridgehead atoms. The smallest absolute Gasteiger partial charge is 0.174 e. The largest absolute Gasteiger partial charge is 0.388 e. The Balaban J connectivity index is 2.36. The van der Waals surface area contributed by atoms with Crippen LogP contribution in [0.5, 0.6) is 0 Å². The Hall–Kier alpha value is -0.170. The molecule has 1 rings (SSSR count). The van der Waals surface area contributed by atoms with Gasteiger partial charge in [-0.15, -0.1) is 10.2 Å². The standard InChI is InChI=1S/C6H11N3OS2/c1-6(10,2-7)3-11-5-9-8-4-12-5/h4,10H,2-3,7H2,1H3. The van der Waals surface area contributed by atoms with Gasteiger partial charge in [-0.1, -0.05) is 23.1 Å². The van der Waals surface area contributed by atoms with Gasteiger partial charge < -0.3 is 10.8 Å². The van der Waals surface area contributed by atoms with Gasteiger partial charge in [0.25, 0.3) is 0 Å². The molecule has 0 spiro atoms. The van der Waals surface area contributed by atoms with Crippen molar-refractivity contribution in [1.82, 2.24) is 10.2 Å². The number of thioether (sulfide) groups is 1. The zero-order valence-corrected chi connectivity index (χ0v) is 8.36. The van der Waals surface area contributed by atoms with E-state index >= 15 is 0 Å². The average Bonchev–Trinajstić information content (AvgIpc) is 2.53. The van der Waals surface area contributed by atoms with E-state index in [1.807, 2.05) is 0 Å². The molecule has 0 fully saturated rings. The first kappa shape index (κ1) is 9.91. The average molecular weight is 205 g/mol. The summed E-state index contributed by atoms with van der Waals surface area (Å²) in [5, 5.41) is 17.0. The summed E-state index contributed by atoms with van der Waals surface area (Å²) in [6.45, 7) is 1.97. The summed E-state index contributed by atoms with van der Waals surface area (Å²) in [7, 11) is 0. The Morgan fingerprint density at radius 3 is 3.08 bits per heavy atom. The number of nitrogens with zero attached hydrogens (tertiary/aromatic N) is 2. The van der Waals surface area contributed by atoms with E-state index in [4.69, 9.17) is 5.73 Å². The maximum absolute atomic E-state index is 9.53. The van der Waals surface area contributed by atoms with E-state index in [1.54, 1.807) is 12.4 Å². The van der Waals surface area contributed by atoms with Crippen molar-refractivity contribution in [2.75, 3.05) is 12.3 Å². The van der Waals surface area contributed by atoms with Crippen molar-refractivity contribution in [2.45, 2.75) is 16.9 Å². The molecular formula is C6H11N3OS2. The van der Waals surface area contributed by atoms with Crippen LogP contribution in [0.2, 0.25) is 0 Å². The second-order valence-corrected chi connectivity index (χ2v) is 4.75. The van der Waals surface area contributed by atoms with E-state index in [-0.39, 0.29) is 6.54 Å². The third-order valence-electron chi connectivity index (χ3n) is 1.29. The van der Waals surface area contributed by atoms with E-state index in [9.17, 15) is 5.11 Å². The zero-order valence-electron chi connectivity index (χ0n) is 6.73. The molecule has 0 saturated carbocycles. The number of aliphatic hydroxyl groups is 1. The number of hydrogen-bond donors (Lipinski definition) is 2. The molecule has 0 aliphatic rings. The van der Waals surface area contributed by atoms with Crippen LogP contribution in [0, 0.1) is 0 Å². The van der Waals surface area contributed by atoms with Crippen molar-refractivity contribution in [2.24, 2.45) is 5.73 Å². The highest BCUT2D eigenvalue weighted by molar-refractivity contribution is 8.01. The predicted molar refractivity (Wildman–Crippen MR) is 50.3 cm³/mol. The van der Waals surface area contributed by atoms with Gasteiger partial charge in [0.15, 0.2) is 4.34 Å². The number of nitrogens with two attached hydrogens (primary N) is 1. The van der Waals surface area contributed by atoms with Gasteiger partial charge in [0.1, 0.15) is 5.51 Å². The topological polar surface area (TPSA) is 72.0 Å². The third-order valence-corrected chi connectivity index (χ3v) is 3.51. The summed E-state index contributed by atoms with van der Waals surface area (Å²) in [6.07, 6.45) is 0. The molecule has 1 aromatic rings. The molecule has 3 N–H and O–H groups in total. The molecule has 1 heterocycles. The van der Waals surface area contributed by atoms with Gasteiger partial charge in [0.2, 0.25) is 0 Å². The minimum atomic E-state index is -0.809. The number of hydrogen-bond acceptors (Lipinski definition) is 6. The van der Waals surface area contributed by atoms with Crippen LogP contribution in [-0.4, -0.2) is 33.2 Å². The highest BCUT2D eigenvalue weighted by Crippen LogP contribution is 2.22. The van der Waals surface area contributed by atoms with Crippen molar-refractivity contribution in [3.05, 3.63) is 5.51 Å². The lowest BCUT2D eigenvalue weighted by atomic mass is 10.1. The van der Waals surface area contributed by atoms with E-state index in [0.717, 1.165) is 4.34 Å². The molecule has 0 radical (unpaired) electrons.